The third-order valence-corrected chi connectivity index (χ3v) is 4.04. The number of hydrogen-bond acceptors (Lipinski definition) is 4. The number of piperidine rings is 1. The average molecular weight is 259 g/mol. The standard InChI is InChI=1S/C14H17N3S/c1-2-7-15-14(3-1)17-8-4-12(5-9-17)16-13-6-10-18-11-13/h1-3,6-7,10-12,16H,4-5,8-9H2. The van der Waals surface area contributed by atoms with Crippen molar-refractivity contribution in [3.63, 3.8) is 0 Å². The summed E-state index contributed by atoms with van der Waals surface area (Å²) in [7, 11) is 0. The first-order chi connectivity index (χ1) is 8.92. The van der Waals surface area contributed by atoms with Crippen molar-refractivity contribution in [1.82, 2.24) is 4.98 Å². The molecule has 4 heteroatoms. The van der Waals surface area contributed by atoms with Crippen LogP contribution in [0, 0.1) is 0 Å². The summed E-state index contributed by atoms with van der Waals surface area (Å²) >= 11 is 1.74. The zero-order valence-corrected chi connectivity index (χ0v) is 11.1. The first-order valence-corrected chi connectivity index (χ1v) is 7.31. The van der Waals surface area contributed by atoms with Gasteiger partial charge in [-0.2, -0.15) is 11.3 Å². The highest BCUT2D eigenvalue weighted by atomic mass is 32.1. The Morgan fingerprint density at radius 2 is 2.11 bits per heavy atom. The van der Waals surface area contributed by atoms with Gasteiger partial charge in [-0.05, 0) is 36.4 Å². The predicted molar refractivity (Wildman–Crippen MR) is 77.4 cm³/mol. The van der Waals surface area contributed by atoms with Crippen LogP contribution in [0.25, 0.3) is 0 Å². The van der Waals surface area contributed by atoms with Crippen LogP contribution in [-0.4, -0.2) is 24.1 Å². The Morgan fingerprint density at radius 1 is 1.22 bits per heavy atom. The molecule has 1 aliphatic rings. The van der Waals surface area contributed by atoms with Crippen molar-refractivity contribution >= 4 is 22.8 Å². The van der Waals surface area contributed by atoms with Crippen LogP contribution >= 0.6 is 11.3 Å². The summed E-state index contributed by atoms with van der Waals surface area (Å²) in [4.78, 5) is 6.78. The van der Waals surface area contributed by atoms with E-state index in [2.05, 4.69) is 44.2 Å². The minimum atomic E-state index is 0.597. The van der Waals surface area contributed by atoms with Gasteiger partial charge in [0.15, 0.2) is 0 Å². The van der Waals surface area contributed by atoms with Gasteiger partial charge in [-0.25, -0.2) is 4.98 Å². The Morgan fingerprint density at radius 3 is 2.78 bits per heavy atom. The van der Waals surface area contributed by atoms with E-state index in [4.69, 9.17) is 0 Å². The lowest BCUT2D eigenvalue weighted by molar-refractivity contribution is 0.524. The van der Waals surface area contributed by atoms with Gasteiger partial charge in [0.2, 0.25) is 0 Å². The molecular formula is C14H17N3S. The Kier molecular flexibility index (Phi) is 3.46. The smallest absolute Gasteiger partial charge is 0.128 e. The summed E-state index contributed by atoms with van der Waals surface area (Å²) < 4.78 is 0. The van der Waals surface area contributed by atoms with Gasteiger partial charge in [-0.1, -0.05) is 6.07 Å². The second-order valence-corrected chi connectivity index (χ2v) is 5.39. The molecule has 0 atom stereocenters. The Hall–Kier alpha value is -1.55. The van der Waals surface area contributed by atoms with Crippen LogP contribution < -0.4 is 10.2 Å². The van der Waals surface area contributed by atoms with Crippen LogP contribution in [0.3, 0.4) is 0 Å². The highest BCUT2D eigenvalue weighted by Crippen LogP contribution is 2.21. The molecule has 1 aliphatic heterocycles. The van der Waals surface area contributed by atoms with E-state index in [1.165, 1.54) is 18.5 Å². The summed E-state index contributed by atoms with van der Waals surface area (Å²) in [5.41, 5.74) is 1.26. The average Bonchev–Trinajstić information content (AvgIpc) is 2.94. The lowest BCUT2D eigenvalue weighted by Crippen LogP contribution is -2.39. The second kappa shape index (κ2) is 5.40. The number of rotatable bonds is 3. The van der Waals surface area contributed by atoms with Gasteiger partial charge in [0.25, 0.3) is 0 Å². The molecule has 0 amide bonds. The van der Waals surface area contributed by atoms with E-state index in [9.17, 15) is 0 Å². The van der Waals surface area contributed by atoms with E-state index >= 15 is 0 Å². The molecule has 3 rings (SSSR count). The lowest BCUT2D eigenvalue weighted by Gasteiger charge is -2.33. The maximum Gasteiger partial charge on any atom is 0.128 e. The Labute approximate surface area is 111 Å². The molecule has 18 heavy (non-hydrogen) atoms. The first kappa shape index (κ1) is 11.5. The predicted octanol–water partition coefficient (Wildman–Crippen LogP) is 3.22. The molecule has 0 bridgehead atoms. The molecular weight excluding hydrogens is 242 g/mol. The number of nitrogens with zero attached hydrogens (tertiary/aromatic N) is 2. The third kappa shape index (κ3) is 2.64. The lowest BCUT2D eigenvalue weighted by atomic mass is 10.0. The monoisotopic (exact) mass is 259 g/mol. The van der Waals surface area contributed by atoms with Crippen LogP contribution in [-0.2, 0) is 0 Å². The van der Waals surface area contributed by atoms with Gasteiger partial charge in [0.1, 0.15) is 5.82 Å². The van der Waals surface area contributed by atoms with E-state index in [1.54, 1.807) is 11.3 Å². The topological polar surface area (TPSA) is 28.2 Å². The zero-order chi connectivity index (χ0) is 12.2. The van der Waals surface area contributed by atoms with Crippen molar-refractivity contribution in [2.45, 2.75) is 18.9 Å². The van der Waals surface area contributed by atoms with Gasteiger partial charge in [0, 0.05) is 36.4 Å². The molecule has 1 N–H and O–H groups in total. The molecule has 0 spiro atoms. The van der Waals surface area contributed by atoms with E-state index in [0.29, 0.717) is 6.04 Å². The molecule has 0 aliphatic carbocycles. The van der Waals surface area contributed by atoms with Crippen LogP contribution in [0.5, 0.6) is 0 Å². The highest BCUT2D eigenvalue weighted by Gasteiger charge is 2.19. The summed E-state index contributed by atoms with van der Waals surface area (Å²) in [6.45, 7) is 2.16. The summed E-state index contributed by atoms with van der Waals surface area (Å²) in [6.07, 6.45) is 4.21. The van der Waals surface area contributed by atoms with E-state index < -0.39 is 0 Å². The SMILES string of the molecule is c1ccc(N2CCC(Nc3ccsc3)CC2)nc1. The van der Waals surface area contributed by atoms with Crippen LogP contribution in [0.4, 0.5) is 11.5 Å². The Balaban J connectivity index is 1.55. The third-order valence-electron chi connectivity index (χ3n) is 3.36. The fourth-order valence-corrected chi connectivity index (χ4v) is 2.97. The maximum absolute atomic E-state index is 4.41. The van der Waals surface area contributed by atoms with Crippen molar-refractivity contribution in [2.24, 2.45) is 0 Å². The number of thiophene rings is 1. The molecule has 94 valence electrons. The van der Waals surface area contributed by atoms with Gasteiger partial charge in [-0.15, -0.1) is 0 Å². The molecule has 0 unspecified atom stereocenters. The van der Waals surface area contributed by atoms with Crippen molar-refractivity contribution < 1.29 is 0 Å². The number of aromatic nitrogens is 1. The zero-order valence-electron chi connectivity index (χ0n) is 10.2. The van der Waals surface area contributed by atoms with Gasteiger partial charge in [0.05, 0.1) is 0 Å². The highest BCUT2D eigenvalue weighted by molar-refractivity contribution is 7.08. The Bertz CT molecular complexity index is 461. The minimum absolute atomic E-state index is 0.597. The van der Waals surface area contributed by atoms with Gasteiger partial charge >= 0.3 is 0 Å². The number of hydrogen-bond donors (Lipinski definition) is 1. The van der Waals surface area contributed by atoms with E-state index in [-0.39, 0.29) is 0 Å². The molecule has 3 heterocycles. The number of pyridine rings is 1. The van der Waals surface area contributed by atoms with Crippen molar-refractivity contribution in [3.05, 3.63) is 41.2 Å². The number of anilines is 2. The fourth-order valence-electron chi connectivity index (χ4n) is 2.38. The maximum atomic E-state index is 4.41. The fraction of sp³-hybridized carbons (Fsp3) is 0.357. The number of nitrogens with one attached hydrogen (secondary N) is 1. The second-order valence-electron chi connectivity index (χ2n) is 4.61. The van der Waals surface area contributed by atoms with E-state index in [1.807, 2.05) is 12.3 Å². The summed E-state index contributed by atoms with van der Waals surface area (Å²) in [5.74, 6) is 1.10. The van der Waals surface area contributed by atoms with E-state index in [0.717, 1.165) is 18.9 Å². The molecule has 0 aromatic carbocycles. The molecule has 1 saturated heterocycles. The summed E-state index contributed by atoms with van der Waals surface area (Å²) in [5, 5.41) is 7.88. The quantitative estimate of drug-likeness (QED) is 0.917. The molecule has 0 saturated carbocycles. The van der Waals surface area contributed by atoms with Crippen LogP contribution in [0.1, 0.15) is 12.8 Å². The molecule has 1 fully saturated rings. The molecule has 0 radical (unpaired) electrons. The molecule has 3 nitrogen and oxygen atoms in total. The van der Waals surface area contributed by atoms with Gasteiger partial charge < -0.3 is 10.2 Å². The van der Waals surface area contributed by atoms with Gasteiger partial charge in [-0.3, -0.25) is 0 Å². The van der Waals surface area contributed by atoms with Crippen LogP contribution in [0.2, 0.25) is 0 Å². The van der Waals surface area contributed by atoms with Crippen LogP contribution in [0.15, 0.2) is 41.2 Å². The molecule has 2 aromatic rings. The largest absolute Gasteiger partial charge is 0.382 e. The van der Waals surface area contributed by atoms with Crippen molar-refractivity contribution in [1.29, 1.82) is 0 Å². The molecule has 2 aromatic heterocycles. The van der Waals surface area contributed by atoms with Crippen molar-refractivity contribution in [2.75, 3.05) is 23.3 Å². The van der Waals surface area contributed by atoms with Crippen molar-refractivity contribution in [3.8, 4) is 0 Å². The first-order valence-electron chi connectivity index (χ1n) is 6.36. The minimum Gasteiger partial charge on any atom is -0.382 e. The normalized spacial score (nSPS) is 16.8. The summed E-state index contributed by atoms with van der Waals surface area (Å²) in [6, 6.07) is 8.86.